The van der Waals surface area contributed by atoms with Crippen LogP contribution in [0.25, 0.3) is 0 Å². The Kier molecular flexibility index (Phi) is 9.12. The van der Waals surface area contributed by atoms with Crippen LogP contribution in [0, 0.1) is 5.92 Å². The molecule has 1 saturated heterocycles. The van der Waals surface area contributed by atoms with Gasteiger partial charge in [-0.1, -0.05) is 60.3 Å². The Labute approximate surface area is 220 Å². The van der Waals surface area contributed by atoms with Gasteiger partial charge < -0.3 is 15.0 Å². The van der Waals surface area contributed by atoms with Crippen molar-refractivity contribution in [3.05, 3.63) is 90.0 Å². The standard InChI is InChI=1S/C30H39N5O2/c1-5-6-7-9-23(3)26(29(36)37-4)21-34-18-14-25(15-19-34)28-20-27(24-12-10-22(2)11-13-24)33-35(28)30-31-16-8-17-32-30/h5-12,16,20,24-26H,1,13-15,17-19,21H2,2-4H3,(H,31,32). The molecule has 4 rings (SSSR count). The number of rotatable bonds is 8. The average molecular weight is 502 g/mol. The molecule has 0 spiro atoms. The second-order valence-corrected chi connectivity index (χ2v) is 9.95. The molecule has 1 N–H and O–H groups in total. The molecule has 3 aliphatic rings. The van der Waals surface area contributed by atoms with Gasteiger partial charge in [-0.15, -0.1) is 0 Å². The number of aliphatic imine (C=N–C) groups is 1. The molecule has 0 amide bonds. The number of likely N-dealkylation sites (tertiary alicyclic amines) is 1. The van der Waals surface area contributed by atoms with E-state index in [0.29, 0.717) is 19.0 Å². The van der Waals surface area contributed by atoms with Crippen molar-refractivity contribution in [3.8, 4) is 0 Å². The van der Waals surface area contributed by atoms with Gasteiger partial charge in [0.05, 0.1) is 31.0 Å². The van der Waals surface area contributed by atoms with Gasteiger partial charge in [-0.3, -0.25) is 4.79 Å². The maximum atomic E-state index is 12.6. The third kappa shape index (κ3) is 6.66. The van der Waals surface area contributed by atoms with E-state index in [2.05, 4.69) is 53.0 Å². The molecule has 37 heavy (non-hydrogen) atoms. The van der Waals surface area contributed by atoms with Crippen LogP contribution in [0.5, 0.6) is 0 Å². The highest BCUT2D eigenvalue weighted by atomic mass is 16.5. The summed E-state index contributed by atoms with van der Waals surface area (Å²) < 4.78 is 7.15. The molecule has 2 atom stereocenters. The van der Waals surface area contributed by atoms with Crippen LogP contribution in [0.3, 0.4) is 0 Å². The molecule has 2 unspecified atom stereocenters. The van der Waals surface area contributed by atoms with E-state index in [1.54, 1.807) is 6.08 Å². The number of aromatic nitrogens is 2. The van der Waals surface area contributed by atoms with E-state index in [-0.39, 0.29) is 17.8 Å². The zero-order chi connectivity index (χ0) is 26.2. The number of allylic oxidation sites excluding steroid dienone is 8. The van der Waals surface area contributed by atoms with E-state index < -0.39 is 0 Å². The molecule has 1 fully saturated rings. The van der Waals surface area contributed by atoms with E-state index in [1.165, 1.54) is 18.4 Å². The van der Waals surface area contributed by atoms with Crippen molar-refractivity contribution in [2.24, 2.45) is 10.9 Å². The molecule has 1 aromatic heterocycles. The molecule has 7 heteroatoms. The number of hydrogen-bond acceptors (Lipinski definition) is 6. The molecule has 0 bridgehead atoms. The third-order valence-corrected chi connectivity index (χ3v) is 7.39. The van der Waals surface area contributed by atoms with Gasteiger partial charge in [-0.25, -0.2) is 9.67 Å². The second-order valence-electron chi connectivity index (χ2n) is 9.95. The lowest BCUT2D eigenvalue weighted by molar-refractivity contribution is -0.144. The number of carbonyl (C=O) groups excluding carboxylic acids is 1. The van der Waals surface area contributed by atoms with E-state index >= 15 is 0 Å². The molecular formula is C30H39N5O2. The first-order valence-corrected chi connectivity index (χ1v) is 13.2. The number of nitrogens with one attached hydrogen (secondary N) is 1. The van der Waals surface area contributed by atoms with Crippen LogP contribution in [0.4, 0.5) is 0 Å². The van der Waals surface area contributed by atoms with Crippen LogP contribution in [0.2, 0.25) is 0 Å². The summed E-state index contributed by atoms with van der Waals surface area (Å²) in [4.78, 5) is 19.6. The Hall–Kier alpha value is -3.45. The fraction of sp³-hybridized carbons (Fsp3) is 0.433. The van der Waals surface area contributed by atoms with Crippen molar-refractivity contribution in [1.82, 2.24) is 20.0 Å². The minimum absolute atomic E-state index is 0.190. The minimum Gasteiger partial charge on any atom is -0.469 e. The predicted molar refractivity (Wildman–Crippen MR) is 149 cm³/mol. The number of piperidine rings is 1. The summed E-state index contributed by atoms with van der Waals surface area (Å²) in [6.07, 6.45) is 21.1. The normalized spacial score (nSPS) is 21.9. The third-order valence-electron chi connectivity index (χ3n) is 7.39. The zero-order valence-electron chi connectivity index (χ0n) is 22.3. The van der Waals surface area contributed by atoms with Crippen LogP contribution >= 0.6 is 0 Å². The first-order valence-electron chi connectivity index (χ1n) is 13.2. The minimum atomic E-state index is -0.282. The predicted octanol–water partition coefficient (Wildman–Crippen LogP) is 4.85. The SMILES string of the molecule is C=CC=CC=C(C)C(CN1CCC(c2cc(C3C=CC(C)=CC3)nn2C2=NCC=CN2)CC1)C(=O)OC. The molecular weight excluding hydrogens is 462 g/mol. The molecule has 0 radical (unpaired) electrons. The van der Waals surface area contributed by atoms with Crippen molar-refractivity contribution < 1.29 is 9.53 Å². The molecule has 7 nitrogen and oxygen atoms in total. The van der Waals surface area contributed by atoms with Crippen molar-refractivity contribution in [1.29, 1.82) is 0 Å². The fourth-order valence-electron chi connectivity index (χ4n) is 5.12. The monoisotopic (exact) mass is 501 g/mol. The molecule has 2 aliphatic heterocycles. The van der Waals surface area contributed by atoms with Crippen molar-refractivity contribution in [2.45, 2.75) is 44.9 Å². The zero-order valence-corrected chi connectivity index (χ0v) is 22.3. The lowest BCUT2D eigenvalue weighted by Crippen LogP contribution is -2.40. The van der Waals surface area contributed by atoms with Crippen molar-refractivity contribution >= 4 is 11.9 Å². The Morgan fingerprint density at radius 2 is 2.14 bits per heavy atom. The van der Waals surface area contributed by atoms with Gasteiger partial charge in [0.25, 0.3) is 0 Å². The summed E-state index contributed by atoms with van der Waals surface area (Å²) >= 11 is 0. The summed E-state index contributed by atoms with van der Waals surface area (Å²) in [5.74, 6) is 0.979. The van der Waals surface area contributed by atoms with Gasteiger partial charge in [0.2, 0.25) is 5.96 Å². The van der Waals surface area contributed by atoms with Gasteiger partial charge >= 0.3 is 5.97 Å². The highest BCUT2D eigenvalue weighted by Gasteiger charge is 2.30. The maximum Gasteiger partial charge on any atom is 0.314 e. The van der Waals surface area contributed by atoms with Gasteiger partial charge in [-0.2, -0.15) is 5.10 Å². The van der Waals surface area contributed by atoms with Crippen LogP contribution in [0.15, 0.2) is 83.6 Å². The lowest BCUT2D eigenvalue weighted by atomic mass is 9.90. The number of methoxy groups -OCH3 is 1. The molecule has 3 heterocycles. The van der Waals surface area contributed by atoms with E-state index in [4.69, 9.17) is 9.84 Å². The van der Waals surface area contributed by atoms with Crippen LogP contribution in [-0.2, 0) is 9.53 Å². The fourth-order valence-corrected chi connectivity index (χ4v) is 5.12. The number of ether oxygens (including phenoxy) is 1. The summed E-state index contributed by atoms with van der Waals surface area (Å²) in [6, 6.07) is 2.28. The quantitative estimate of drug-likeness (QED) is 0.407. The number of carbonyl (C=O) groups is 1. The molecule has 1 aliphatic carbocycles. The van der Waals surface area contributed by atoms with Gasteiger partial charge in [0, 0.05) is 24.6 Å². The average Bonchev–Trinajstić information content (AvgIpc) is 3.38. The summed E-state index contributed by atoms with van der Waals surface area (Å²) in [7, 11) is 1.46. The number of nitrogens with zero attached hydrogens (tertiary/aromatic N) is 4. The topological polar surface area (TPSA) is 71.8 Å². The summed E-state index contributed by atoms with van der Waals surface area (Å²) in [6.45, 7) is 11.0. The van der Waals surface area contributed by atoms with Gasteiger partial charge in [0.1, 0.15) is 0 Å². The smallest absolute Gasteiger partial charge is 0.314 e. The van der Waals surface area contributed by atoms with Gasteiger partial charge in [0.15, 0.2) is 0 Å². The molecule has 0 aromatic carbocycles. The van der Waals surface area contributed by atoms with Crippen LogP contribution in [0.1, 0.15) is 56.3 Å². The molecule has 1 aromatic rings. The summed E-state index contributed by atoms with van der Waals surface area (Å²) in [5.41, 5.74) is 4.61. The van der Waals surface area contributed by atoms with Crippen LogP contribution < -0.4 is 5.32 Å². The van der Waals surface area contributed by atoms with E-state index in [9.17, 15) is 4.79 Å². The maximum absolute atomic E-state index is 12.6. The molecule has 196 valence electrons. The highest BCUT2D eigenvalue weighted by molar-refractivity contribution is 5.84. The summed E-state index contributed by atoms with van der Waals surface area (Å²) in [5, 5.41) is 8.32. The Balaban J connectivity index is 1.48. The largest absolute Gasteiger partial charge is 0.469 e. The Bertz CT molecular complexity index is 1160. The first kappa shape index (κ1) is 26.6. The number of esters is 1. The number of hydrogen-bond donors (Lipinski definition) is 1. The van der Waals surface area contributed by atoms with Crippen LogP contribution in [-0.4, -0.2) is 59.9 Å². The Morgan fingerprint density at radius 1 is 1.32 bits per heavy atom. The lowest BCUT2D eigenvalue weighted by Gasteiger charge is -2.34. The van der Waals surface area contributed by atoms with E-state index in [1.807, 2.05) is 42.1 Å². The highest BCUT2D eigenvalue weighted by Crippen LogP contribution is 2.33. The Morgan fingerprint density at radius 3 is 2.78 bits per heavy atom. The van der Waals surface area contributed by atoms with Crippen molar-refractivity contribution in [3.63, 3.8) is 0 Å². The van der Waals surface area contributed by atoms with E-state index in [0.717, 1.165) is 49.6 Å². The van der Waals surface area contributed by atoms with Gasteiger partial charge in [-0.05, 0) is 58.3 Å². The second kappa shape index (κ2) is 12.7. The van der Waals surface area contributed by atoms with Crippen molar-refractivity contribution in [2.75, 3.05) is 33.3 Å². The molecule has 0 saturated carbocycles. The first-order chi connectivity index (χ1) is 18.0.